The molecule has 0 spiro atoms. The second-order valence-electron chi connectivity index (χ2n) is 6.95. The van der Waals surface area contributed by atoms with Gasteiger partial charge in [0.2, 0.25) is 0 Å². The molecular weight excluding hydrogens is 338 g/mol. The molecule has 0 amide bonds. The third-order valence-corrected chi connectivity index (χ3v) is 5.01. The molecule has 144 valence electrons. The lowest BCUT2D eigenvalue weighted by atomic mass is 10.1. The van der Waals surface area contributed by atoms with Crippen molar-refractivity contribution in [2.45, 2.75) is 38.3 Å². The van der Waals surface area contributed by atoms with Crippen molar-refractivity contribution in [2.75, 3.05) is 39.4 Å². The number of nitrogens with one attached hydrogen (secondary N) is 2. The Balaban J connectivity index is 1.57. The minimum Gasteiger partial charge on any atom is -0.379 e. The molecule has 1 aromatic rings. The van der Waals surface area contributed by atoms with Crippen LogP contribution in [0.3, 0.4) is 0 Å². The fourth-order valence-corrected chi connectivity index (χ4v) is 3.39. The molecule has 1 saturated heterocycles. The van der Waals surface area contributed by atoms with Crippen molar-refractivity contribution in [2.24, 2.45) is 4.99 Å². The third-order valence-electron chi connectivity index (χ3n) is 5.01. The molecule has 0 aromatic heterocycles. The van der Waals surface area contributed by atoms with Gasteiger partial charge in [-0.25, -0.2) is 8.78 Å². The van der Waals surface area contributed by atoms with Crippen LogP contribution in [0.5, 0.6) is 0 Å². The van der Waals surface area contributed by atoms with Crippen LogP contribution < -0.4 is 10.6 Å². The van der Waals surface area contributed by atoms with E-state index in [4.69, 9.17) is 4.74 Å². The summed E-state index contributed by atoms with van der Waals surface area (Å²) < 4.78 is 33.2. The second kappa shape index (κ2) is 8.77. The number of hydrogen-bond acceptors (Lipinski definition) is 3. The van der Waals surface area contributed by atoms with E-state index >= 15 is 0 Å². The lowest BCUT2D eigenvalue weighted by molar-refractivity contribution is 0.0220. The number of nitrogens with zero attached hydrogens (tertiary/aromatic N) is 2. The van der Waals surface area contributed by atoms with Gasteiger partial charge in [0.05, 0.1) is 19.8 Å². The molecule has 1 heterocycles. The van der Waals surface area contributed by atoms with Crippen molar-refractivity contribution in [3.63, 3.8) is 0 Å². The number of halogens is 2. The summed E-state index contributed by atoms with van der Waals surface area (Å²) in [5, 5.41) is 6.54. The van der Waals surface area contributed by atoms with E-state index < -0.39 is 11.6 Å². The first-order chi connectivity index (χ1) is 12.6. The molecule has 0 radical (unpaired) electrons. The van der Waals surface area contributed by atoms with Crippen LogP contribution in [0.1, 0.15) is 31.7 Å². The Bertz CT molecular complexity index is 614. The van der Waals surface area contributed by atoms with Crippen LogP contribution in [0.15, 0.2) is 23.2 Å². The monoisotopic (exact) mass is 366 g/mol. The summed E-state index contributed by atoms with van der Waals surface area (Å²) >= 11 is 0. The molecule has 3 rings (SSSR count). The molecule has 5 nitrogen and oxygen atoms in total. The lowest BCUT2D eigenvalue weighted by Crippen LogP contribution is -2.45. The minimum absolute atomic E-state index is 0.0119. The first-order valence-corrected chi connectivity index (χ1v) is 9.40. The van der Waals surface area contributed by atoms with Gasteiger partial charge in [-0.05, 0) is 32.4 Å². The van der Waals surface area contributed by atoms with E-state index in [1.54, 1.807) is 0 Å². The van der Waals surface area contributed by atoms with Gasteiger partial charge in [-0.1, -0.05) is 6.07 Å². The maximum absolute atomic E-state index is 13.9. The van der Waals surface area contributed by atoms with Crippen LogP contribution in [-0.2, 0) is 4.74 Å². The van der Waals surface area contributed by atoms with Crippen LogP contribution in [0.2, 0.25) is 0 Å². The van der Waals surface area contributed by atoms with Gasteiger partial charge in [0.1, 0.15) is 11.6 Å². The van der Waals surface area contributed by atoms with Gasteiger partial charge >= 0.3 is 0 Å². The van der Waals surface area contributed by atoms with Crippen molar-refractivity contribution in [3.05, 3.63) is 35.4 Å². The first-order valence-electron chi connectivity index (χ1n) is 9.40. The number of morpholine rings is 1. The summed E-state index contributed by atoms with van der Waals surface area (Å²) in [4.78, 5) is 7.03. The Kier molecular flexibility index (Phi) is 6.43. The fourth-order valence-electron chi connectivity index (χ4n) is 3.39. The molecule has 2 N–H and O–H groups in total. The largest absolute Gasteiger partial charge is 0.379 e. The summed E-state index contributed by atoms with van der Waals surface area (Å²) in [6, 6.07) is 4.37. The molecule has 3 atom stereocenters. The van der Waals surface area contributed by atoms with Crippen LogP contribution >= 0.6 is 0 Å². The van der Waals surface area contributed by atoms with E-state index in [0.717, 1.165) is 32.8 Å². The Morgan fingerprint density at radius 2 is 2.00 bits per heavy atom. The number of hydrogen-bond donors (Lipinski definition) is 2. The molecule has 2 aliphatic rings. The van der Waals surface area contributed by atoms with Crippen LogP contribution in [0, 0.1) is 11.6 Å². The molecule has 1 aliphatic heterocycles. The quantitative estimate of drug-likeness (QED) is 0.598. The lowest BCUT2D eigenvalue weighted by Gasteiger charge is -2.31. The van der Waals surface area contributed by atoms with Crippen LogP contribution in [-0.4, -0.2) is 62.3 Å². The van der Waals surface area contributed by atoms with Crippen molar-refractivity contribution in [1.29, 1.82) is 0 Å². The maximum atomic E-state index is 13.9. The molecule has 1 saturated carbocycles. The average Bonchev–Trinajstić information content (AvgIpc) is 3.39. The van der Waals surface area contributed by atoms with Gasteiger partial charge in [0.25, 0.3) is 0 Å². The Labute approximate surface area is 153 Å². The molecule has 1 aliphatic carbocycles. The van der Waals surface area contributed by atoms with Crippen molar-refractivity contribution >= 4 is 5.96 Å². The highest BCUT2D eigenvalue weighted by atomic mass is 19.1. The van der Waals surface area contributed by atoms with Gasteiger partial charge in [-0.2, -0.15) is 0 Å². The minimum atomic E-state index is -0.470. The van der Waals surface area contributed by atoms with Gasteiger partial charge in [0, 0.05) is 43.2 Å². The van der Waals surface area contributed by atoms with Gasteiger partial charge in [-0.15, -0.1) is 0 Å². The van der Waals surface area contributed by atoms with E-state index in [2.05, 4.69) is 27.4 Å². The molecule has 7 heteroatoms. The van der Waals surface area contributed by atoms with E-state index in [9.17, 15) is 8.78 Å². The fraction of sp³-hybridized carbons (Fsp3) is 0.632. The number of aliphatic imine (C=N–C) groups is 1. The van der Waals surface area contributed by atoms with Gasteiger partial charge in [0.15, 0.2) is 5.96 Å². The van der Waals surface area contributed by atoms with Gasteiger partial charge in [-0.3, -0.25) is 9.89 Å². The molecular formula is C19H28F2N4O. The molecule has 26 heavy (non-hydrogen) atoms. The van der Waals surface area contributed by atoms with E-state index in [1.807, 2.05) is 6.92 Å². The summed E-state index contributed by atoms with van der Waals surface area (Å²) in [6.07, 6.45) is 0.710. The predicted molar refractivity (Wildman–Crippen MR) is 98.5 cm³/mol. The zero-order chi connectivity index (χ0) is 18.5. The third kappa shape index (κ3) is 4.71. The van der Waals surface area contributed by atoms with Crippen LogP contribution in [0.25, 0.3) is 0 Å². The normalized spacial score (nSPS) is 25.0. The molecule has 0 bridgehead atoms. The molecule has 2 fully saturated rings. The van der Waals surface area contributed by atoms with Crippen LogP contribution in [0.4, 0.5) is 8.78 Å². The summed E-state index contributed by atoms with van der Waals surface area (Å²) in [5.74, 6) is -0.377. The Hall–Kier alpha value is -1.73. The molecule has 3 unspecified atom stereocenters. The Morgan fingerprint density at radius 3 is 2.65 bits per heavy atom. The van der Waals surface area contributed by atoms with E-state index in [1.165, 1.54) is 18.2 Å². The zero-order valence-corrected chi connectivity index (χ0v) is 15.5. The SMILES string of the molecule is CCNC(=NCC(C)N1CCOCC1)NC1CC1c1c(F)cccc1F. The smallest absolute Gasteiger partial charge is 0.191 e. The number of benzene rings is 1. The van der Waals surface area contributed by atoms with Gasteiger partial charge < -0.3 is 15.4 Å². The summed E-state index contributed by atoms with van der Waals surface area (Å²) in [5.41, 5.74) is 0.183. The maximum Gasteiger partial charge on any atom is 0.191 e. The summed E-state index contributed by atoms with van der Waals surface area (Å²) in [6.45, 7) is 8.96. The second-order valence-corrected chi connectivity index (χ2v) is 6.95. The standard InChI is InChI=1S/C19H28F2N4O/c1-3-22-19(23-12-13(2)25-7-9-26-10-8-25)24-17-11-14(17)18-15(20)5-4-6-16(18)21/h4-6,13-14,17H,3,7-12H2,1-2H3,(H2,22,23,24). The predicted octanol–water partition coefficient (Wildman–Crippen LogP) is 2.10. The number of ether oxygens (including phenoxy) is 1. The van der Waals surface area contributed by atoms with E-state index in [0.29, 0.717) is 25.0 Å². The number of guanidine groups is 1. The Morgan fingerprint density at radius 1 is 1.31 bits per heavy atom. The number of rotatable bonds is 6. The molecule has 1 aromatic carbocycles. The highest BCUT2D eigenvalue weighted by molar-refractivity contribution is 5.80. The van der Waals surface area contributed by atoms with E-state index in [-0.39, 0.29) is 17.5 Å². The highest BCUT2D eigenvalue weighted by Gasteiger charge is 2.42. The summed E-state index contributed by atoms with van der Waals surface area (Å²) in [7, 11) is 0. The average molecular weight is 366 g/mol. The van der Waals surface area contributed by atoms with Crippen molar-refractivity contribution < 1.29 is 13.5 Å². The zero-order valence-electron chi connectivity index (χ0n) is 15.5. The van der Waals surface area contributed by atoms with Crippen molar-refractivity contribution in [3.8, 4) is 0 Å². The van der Waals surface area contributed by atoms with Crippen molar-refractivity contribution in [1.82, 2.24) is 15.5 Å². The highest BCUT2D eigenvalue weighted by Crippen LogP contribution is 2.43. The topological polar surface area (TPSA) is 48.9 Å². The first kappa shape index (κ1) is 19.0.